The van der Waals surface area contributed by atoms with Gasteiger partial charge in [0.05, 0.1) is 16.6 Å². The van der Waals surface area contributed by atoms with Crippen molar-refractivity contribution in [1.82, 2.24) is 24.7 Å². The van der Waals surface area contributed by atoms with Crippen LogP contribution in [0.15, 0.2) is 41.5 Å². The summed E-state index contributed by atoms with van der Waals surface area (Å²) in [4.78, 5) is 36.6. The van der Waals surface area contributed by atoms with E-state index in [2.05, 4.69) is 30.7 Å². The standard InChI is InChI=1S/C21H19N7O3S/c1-11(29)24-18-7-13(5-6-22-18)31-19-9-17-16(10-23-19)26-21(32-17)25-15-8-14(12-3-4-12)27-28(2)20(15)30/h5-10,12H,3-4H2,1-2H3,(H,25,26)(H,22,24,29). The van der Waals surface area contributed by atoms with Crippen LogP contribution < -0.4 is 20.9 Å². The fourth-order valence-electron chi connectivity index (χ4n) is 3.18. The summed E-state index contributed by atoms with van der Waals surface area (Å²) in [6.07, 6.45) is 5.36. The van der Waals surface area contributed by atoms with E-state index in [-0.39, 0.29) is 11.5 Å². The van der Waals surface area contributed by atoms with E-state index >= 15 is 0 Å². The molecule has 11 heteroatoms. The maximum absolute atomic E-state index is 12.5. The van der Waals surface area contributed by atoms with Gasteiger partial charge >= 0.3 is 0 Å². The number of aryl methyl sites for hydroxylation is 1. The second kappa shape index (κ2) is 8.00. The topological polar surface area (TPSA) is 124 Å². The second-order valence-corrected chi connectivity index (χ2v) is 8.51. The lowest BCUT2D eigenvalue weighted by atomic mass is 10.2. The van der Waals surface area contributed by atoms with Crippen molar-refractivity contribution < 1.29 is 9.53 Å². The first kappa shape index (κ1) is 20.1. The maximum atomic E-state index is 12.5. The highest BCUT2D eigenvalue weighted by Gasteiger charge is 2.26. The first-order valence-electron chi connectivity index (χ1n) is 9.98. The van der Waals surface area contributed by atoms with Gasteiger partial charge in [0.25, 0.3) is 5.56 Å². The van der Waals surface area contributed by atoms with Crippen molar-refractivity contribution in [2.75, 3.05) is 10.6 Å². The Balaban J connectivity index is 1.38. The molecule has 4 heterocycles. The van der Waals surface area contributed by atoms with E-state index in [9.17, 15) is 9.59 Å². The molecule has 1 saturated carbocycles. The predicted octanol–water partition coefficient (Wildman–Crippen LogP) is 3.55. The number of hydrogen-bond acceptors (Lipinski definition) is 9. The molecule has 4 aromatic rings. The molecule has 0 aliphatic heterocycles. The molecule has 1 aliphatic rings. The van der Waals surface area contributed by atoms with Gasteiger partial charge in [-0.2, -0.15) is 5.10 Å². The summed E-state index contributed by atoms with van der Waals surface area (Å²) in [5.41, 5.74) is 1.86. The highest BCUT2D eigenvalue weighted by Crippen LogP contribution is 2.39. The van der Waals surface area contributed by atoms with Gasteiger partial charge in [-0.25, -0.2) is 19.6 Å². The molecule has 5 rings (SSSR count). The van der Waals surface area contributed by atoms with Crippen molar-refractivity contribution in [3.8, 4) is 11.6 Å². The van der Waals surface area contributed by atoms with Crippen LogP contribution in [-0.2, 0) is 11.8 Å². The lowest BCUT2D eigenvalue weighted by Crippen LogP contribution is -2.23. The Hall–Kier alpha value is -3.86. The zero-order chi connectivity index (χ0) is 22.2. The van der Waals surface area contributed by atoms with Gasteiger partial charge in [-0.15, -0.1) is 0 Å². The molecular weight excluding hydrogens is 430 g/mol. The van der Waals surface area contributed by atoms with Crippen molar-refractivity contribution in [2.24, 2.45) is 7.05 Å². The molecule has 1 amide bonds. The normalized spacial score (nSPS) is 13.2. The van der Waals surface area contributed by atoms with Gasteiger partial charge < -0.3 is 15.4 Å². The summed E-state index contributed by atoms with van der Waals surface area (Å²) in [5, 5.41) is 10.7. The molecule has 0 atom stereocenters. The lowest BCUT2D eigenvalue weighted by Gasteiger charge is -2.06. The second-order valence-electron chi connectivity index (χ2n) is 7.48. The quantitative estimate of drug-likeness (QED) is 0.458. The number of ether oxygens (including phenoxy) is 1. The molecule has 0 bridgehead atoms. The number of anilines is 3. The monoisotopic (exact) mass is 449 g/mol. The van der Waals surface area contributed by atoms with E-state index < -0.39 is 0 Å². The van der Waals surface area contributed by atoms with Crippen LogP contribution >= 0.6 is 11.3 Å². The Labute approximate surface area is 186 Å². The number of nitrogens with one attached hydrogen (secondary N) is 2. The molecule has 0 unspecified atom stereocenters. The first-order valence-corrected chi connectivity index (χ1v) is 10.8. The molecular formula is C21H19N7O3S. The van der Waals surface area contributed by atoms with Crippen LogP contribution in [-0.4, -0.2) is 30.6 Å². The average molecular weight is 449 g/mol. The van der Waals surface area contributed by atoms with Crippen molar-refractivity contribution in [3.05, 3.63) is 52.7 Å². The number of carbonyl (C=O) groups is 1. The van der Waals surface area contributed by atoms with Crippen molar-refractivity contribution in [2.45, 2.75) is 25.7 Å². The number of amides is 1. The molecule has 2 N–H and O–H groups in total. The van der Waals surface area contributed by atoms with E-state index in [0.29, 0.717) is 39.7 Å². The molecule has 10 nitrogen and oxygen atoms in total. The van der Waals surface area contributed by atoms with Gasteiger partial charge in [-0.05, 0) is 25.0 Å². The first-order chi connectivity index (χ1) is 15.4. The van der Waals surface area contributed by atoms with Crippen LogP contribution in [0.25, 0.3) is 10.2 Å². The Bertz CT molecular complexity index is 1390. The number of pyridine rings is 2. The van der Waals surface area contributed by atoms with Crippen LogP contribution in [0.3, 0.4) is 0 Å². The minimum Gasteiger partial charge on any atom is -0.439 e. The van der Waals surface area contributed by atoms with Gasteiger partial charge in [-0.1, -0.05) is 11.3 Å². The molecule has 1 aliphatic carbocycles. The van der Waals surface area contributed by atoms with Gasteiger partial charge in [-0.3, -0.25) is 9.59 Å². The molecule has 1 fully saturated rings. The van der Waals surface area contributed by atoms with Crippen molar-refractivity contribution in [1.29, 1.82) is 0 Å². The van der Waals surface area contributed by atoms with E-state index in [0.717, 1.165) is 23.2 Å². The van der Waals surface area contributed by atoms with E-state index in [4.69, 9.17) is 4.74 Å². The molecule has 32 heavy (non-hydrogen) atoms. The fourth-order valence-corrected chi connectivity index (χ4v) is 4.06. The third-order valence-corrected chi connectivity index (χ3v) is 5.76. The number of carbonyl (C=O) groups excluding carboxylic acids is 1. The third-order valence-electron chi connectivity index (χ3n) is 4.83. The largest absolute Gasteiger partial charge is 0.439 e. The zero-order valence-electron chi connectivity index (χ0n) is 17.3. The maximum Gasteiger partial charge on any atom is 0.290 e. The number of fused-ring (bicyclic) bond motifs is 1. The minimum atomic E-state index is -0.216. The van der Waals surface area contributed by atoms with Crippen LogP contribution in [0.2, 0.25) is 0 Å². The summed E-state index contributed by atoms with van der Waals surface area (Å²) >= 11 is 1.39. The Morgan fingerprint density at radius 1 is 1.25 bits per heavy atom. The number of hydrogen-bond donors (Lipinski definition) is 2. The Morgan fingerprint density at radius 2 is 2.09 bits per heavy atom. The van der Waals surface area contributed by atoms with E-state index in [1.807, 2.05) is 6.07 Å². The smallest absolute Gasteiger partial charge is 0.290 e. The van der Waals surface area contributed by atoms with Gasteiger partial charge in [0.1, 0.15) is 22.8 Å². The highest BCUT2D eigenvalue weighted by molar-refractivity contribution is 7.22. The number of rotatable bonds is 6. The number of thiazole rings is 1. The van der Waals surface area contributed by atoms with Crippen molar-refractivity contribution >= 4 is 44.1 Å². The molecule has 0 saturated heterocycles. The number of nitrogens with zero attached hydrogens (tertiary/aromatic N) is 5. The Morgan fingerprint density at radius 3 is 2.88 bits per heavy atom. The zero-order valence-corrected chi connectivity index (χ0v) is 18.1. The average Bonchev–Trinajstić information content (AvgIpc) is 3.51. The lowest BCUT2D eigenvalue weighted by molar-refractivity contribution is -0.114. The minimum absolute atomic E-state index is 0.205. The van der Waals surface area contributed by atoms with Crippen LogP contribution in [0.1, 0.15) is 31.4 Å². The predicted molar refractivity (Wildman–Crippen MR) is 121 cm³/mol. The van der Waals surface area contributed by atoms with Gasteiger partial charge in [0, 0.05) is 38.2 Å². The summed E-state index contributed by atoms with van der Waals surface area (Å²) in [6, 6.07) is 6.88. The Kier molecular flexibility index (Phi) is 5.02. The SMILES string of the molecule is CC(=O)Nc1cc(Oc2cc3sc(Nc4cc(C5CC5)nn(C)c4=O)nc3cn2)ccn1. The molecule has 4 aromatic heterocycles. The van der Waals surface area contributed by atoms with Gasteiger partial charge in [0.15, 0.2) is 5.13 Å². The van der Waals surface area contributed by atoms with Crippen LogP contribution in [0.5, 0.6) is 11.6 Å². The number of aromatic nitrogens is 5. The molecule has 0 radical (unpaired) electrons. The molecule has 0 spiro atoms. The van der Waals surface area contributed by atoms with Crippen LogP contribution in [0.4, 0.5) is 16.6 Å². The van der Waals surface area contributed by atoms with E-state index in [1.54, 1.807) is 37.6 Å². The summed E-state index contributed by atoms with van der Waals surface area (Å²) < 4.78 is 8.03. The van der Waals surface area contributed by atoms with Gasteiger partial charge in [0.2, 0.25) is 11.8 Å². The molecule has 0 aromatic carbocycles. The fraction of sp³-hybridized carbons (Fsp3) is 0.238. The summed E-state index contributed by atoms with van der Waals surface area (Å²) in [5.74, 6) is 1.48. The van der Waals surface area contributed by atoms with Crippen LogP contribution in [0, 0.1) is 0 Å². The summed E-state index contributed by atoms with van der Waals surface area (Å²) in [6.45, 7) is 1.41. The summed E-state index contributed by atoms with van der Waals surface area (Å²) in [7, 11) is 1.65. The van der Waals surface area contributed by atoms with Crippen molar-refractivity contribution in [3.63, 3.8) is 0 Å². The van der Waals surface area contributed by atoms with E-state index in [1.165, 1.54) is 22.9 Å². The molecule has 162 valence electrons. The highest BCUT2D eigenvalue weighted by atomic mass is 32.1. The third kappa shape index (κ3) is 4.28.